The first-order chi connectivity index (χ1) is 9.13. The van der Waals surface area contributed by atoms with Crippen LogP contribution in [0.5, 0.6) is 0 Å². The van der Waals surface area contributed by atoms with Crippen LogP contribution in [0.2, 0.25) is 5.02 Å². The Morgan fingerprint density at radius 2 is 2.11 bits per heavy atom. The molecule has 0 saturated heterocycles. The van der Waals surface area contributed by atoms with Gasteiger partial charge >= 0.3 is 0 Å². The molecule has 1 aromatic heterocycles. The van der Waals surface area contributed by atoms with Gasteiger partial charge in [0, 0.05) is 23.0 Å². The molecule has 0 saturated carbocycles. The van der Waals surface area contributed by atoms with E-state index in [1.165, 1.54) is 0 Å². The van der Waals surface area contributed by atoms with Crippen LogP contribution in [-0.4, -0.2) is 4.98 Å². The number of nitriles is 1. The van der Waals surface area contributed by atoms with Gasteiger partial charge in [-0.2, -0.15) is 5.26 Å². The van der Waals surface area contributed by atoms with Gasteiger partial charge in [0.15, 0.2) is 0 Å². The molecular formula is C15H10Cl2N2. The summed E-state index contributed by atoms with van der Waals surface area (Å²) in [5.41, 5.74) is 2.82. The molecule has 0 fully saturated rings. The van der Waals surface area contributed by atoms with E-state index in [4.69, 9.17) is 23.2 Å². The number of hydrogen-bond donors (Lipinski definition) is 0. The minimum atomic E-state index is 0.403. The maximum atomic E-state index is 9.31. The Bertz CT molecular complexity index is 670. The lowest BCUT2D eigenvalue weighted by Gasteiger charge is -2.07. The van der Waals surface area contributed by atoms with E-state index in [9.17, 15) is 5.26 Å². The van der Waals surface area contributed by atoms with Crippen molar-refractivity contribution in [3.63, 3.8) is 0 Å². The third-order valence-corrected chi connectivity index (χ3v) is 3.33. The number of nitrogens with zero attached hydrogens (tertiary/aromatic N) is 2. The third kappa shape index (κ3) is 2.96. The van der Waals surface area contributed by atoms with E-state index in [2.05, 4.69) is 11.1 Å². The van der Waals surface area contributed by atoms with Gasteiger partial charge in [0.25, 0.3) is 0 Å². The summed E-state index contributed by atoms with van der Waals surface area (Å²) in [6.45, 7) is 1.90. The van der Waals surface area contributed by atoms with E-state index in [0.29, 0.717) is 21.2 Å². The zero-order valence-electron chi connectivity index (χ0n) is 10.2. The van der Waals surface area contributed by atoms with Gasteiger partial charge < -0.3 is 0 Å². The Kier molecular flexibility index (Phi) is 4.21. The van der Waals surface area contributed by atoms with E-state index in [1.807, 2.05) is 19.1 Å². The highest BCUT2D eigenvalue weighted by Gasteiger charge is 2.11. The summed E-state index contributed by atoms with van der Waals surface area (Å²) < 4.78 is 0. The largest absolute Gasteiger partial charge is 0.264 e. The van der Waals surface area contributed by atoms with E-state index in [1.54, 1.807) is 30.6 Å². The Balaban J connectivity index is 2.59. The molecule has 0 aliphatic carbocycles. The molecule has 1 aromatic carbocycles. The maximum absolute atomic E-state index is 9.31. The molecule has 1 heterocycles. The highest BCUT2D eigenvalue weighted by atomic mass is 35.5. The lowest BCUT2D eigenvalue weighted by Crippen LogP contribution is -1.90. The van der Waals surface area contributed by atoms with Crippen LogP contribution in [0.25, 0.3) is 10.6 Å². The van der Waals surface area contributed by atoms with Crippen LogP contribution < -0.4 is 0 Å². The molecule has 0 aliphatic heterocycles. The van der Waals surface area contributed by atoms with Crippen molar-refractivity contribution in [1.82, 2.24) is 4.98 Å². The molecule has 0 spiro atoms. The number of aryl methyl sites for hydroxylation is 1. The van der Waals surface area contributed by atoms with Crippen molar-refractivity contribution in [1.29, 1.82) is 5.26 Å². The van der Waals surface area contributed by atoms with Crippen LogP contribution in [0.1, 0.15) is 16.7 Å². The molecule has 94 valence electrons. The van der Waals surface area contributed by atoms with Gasteiger partial charge in [-0.05, 0) is 36.2 Å². The molecule has 0 unspecified atom stereocenters. The van der Waals surface area contributed by atoms with Crippen LogP contribution in [0.15, 0.2) is 42.7 Å². The Hall–Kier alpha value is -1.82. The first-order valence-corrected chi connectivity index (χ1v) is 6.36. The molecule has 19 heavy (non-hydrogen) atoms. The minimum Gasteiger partial charge on any atom is -0.264 e. The highest BCUT2D eigenvalue weighted by molar-refractivity contribution is 6.53. The van der Waals surface area contributed by atoms with Crippen LogP contribution >= 0.6 is 23.2 Å². The molecule has 2 nitrogen and oxygen atoms in total. The zero-order valence-corrected chi connectivity index (χ0v) is 11.7. The van der Waals surface area contributed by atoms with Gasteiger partial charge in [-0.3, -0.25) is 4.98 Å². The highest BCUT2D eigenvalue weighted by Crippen LogP contribution is 2.31. The van der Waals surface area contributed by atoms with Crippen molar-refractivity contribution in [3.8, 4) is 6.07 Å². The number of allylic oxidation sites excluding steroid dienone is 1. The smallest absolute Gasteiger partial charge is 0.101 e. The average molecular weight is 289 g/mol. The standard InChI is InChI=1S/C15H10Cl2N2/c1-10-7-12(16)4-5-13(10)15(17)14(8-18)11-3-2-6-19-9-11/h2-7,9H,1H3/b15-14+. The van der Waals surface area contributed by atoms with E-state index in [0.717, 1.165) is 11.1 Å². The fourth-order valence-corrected chi connectivity index (χ4v) is 2.35. The maximum Gasteiger partial charge on any atom is 0.101 e. The summed E-state index contributed by atoms with van der Waals surface area (Å²) >= 11 is 12.3. The summed E-state index contributed by atoms with van der Waals surface area (Å²) in [4.78, 5) is 4.00. The van der Waals surface area contributed by atoms with Crippen molar-refractivity contribution < 1.29 is 0 Å². The van der Waals surface area contributed by atoms with Crippen molar-refractivity contribution >= 4 is 33.8 Å². The van der Waals surface area contributed by atoms with Crippen LogP contribution in [0, 0.1) is 18.3 Å². The fourth-order valence-electron chi connectivity index (χ4n) is 1.76. The topological polar surface area (TPSA) is 36.7 Å². The predicted molar refractivity (Wildman–Crippen MR) is 78.7 cm³/mol. The Morgan fingerprint density at radius 3 is 2.68 bits per heavy atom. The molecule has 0 bridgehead atoms. The van der Waals surface area contributed by atoms with Gasteiger partial charge in [-0.15, -0.1) is 0 Å². The van der Waals surface area contributed by atoms with Crippen molar-refractivity contribution in [2.45, 2.75) is 6.92 Å². The number of aromatic nitrogens is 1. The second kappa shape index (κ2) is 5.88. The second-order valence-electron chi connectivity index (χ2n) is 4.00. The first-order valence-electron chi connectivity index (χ1n) is 5.60. The van der Waals surface area contributed by atoms with Crippen LogP contribution in [-0.2, 0) is 0 Å². The summed E-state index contributed by atoms with van der Waals surface area (Å²) in [7, 11) is 0. The number of halogens is 2. The van der Waals surface area contributed by atoms with Gasteiger partial charge in [0.1, 0.15) is 6.07 Å². The van der Waals surface area contributed by atoms with E-state index < -0.39 is 0 Å². The van der Waals surface area contributed by atoms with Gasteiger partial charge in [0.2, 0.25) is 0 Å². The monoisotopic (exact) mass is 288 g/mol. The van der Waals surface area contributed by atoms with Crippen LogP contribution in [0.3, 0.4) is 0 Å². The lowest BCUT2D eigenvalue weighted by molar-refractivity contribution is 1.31. The van der Waals surface area contributed by atoms with Gasteiger partial charge in [-0.1, -0.05) is 35.3 Å². The fraction of sp³-hybridized carbons (Fsp3) is 0.0667. The van der Waals surface area contributed by atoms with Crippen LogP contribution in [0.4, 0.5) is 0 Å². The number of rotatable bonds is 2. The quantitative estimate of drug-likeness (QED) is 0.753. The molecule has 2 aromatic rings. The molecule has 0 N–H and O–H groups in total. The third-order valence-electron chi connectivity index (χ3n) is 2.71. The molecule has 4 heteroatoms. The zero-order chi connectivity index (χ0) is 13.8. The Labute approximate surface area is 121 Å². The Morgan fingerprint density at radius 1 is 1.32 bits per heavy atom. The lowest BCUT2D eigenvalue weighted by atomic mass is 10.0. The van der Waals surface area contributed by atoms with Gasteiger partial charge in [-0.25, -0.2) is 0 Å². The summed E-state index contributed by atoms with van der Waals surface area (Å²) in [5.74, 6) is 0. The number of pyridine rings is 1. The average Bonchev–Trinajstić information content (AvgIpc) is 2.40. The molecule has 0 amide bonds. The first kappa shape index (κ1) is 13.6. The SMILES string of the molecule is Cc1cc(Cl)ccc1/C(Cl)=C(/C#N)c1cccnc1. The normalized spacial score (nSPS) is 11.7. The van der Waals surface area contributed by atoms with Crippen molar-refractivity contribution in [2.75, 3.05) is 0 Å². The van der Waals surface area contributed by atoms with Crippen molar-refractivity contribution in [3.05, 3.63) is 64.4 Å². The van der Waals surface area contributed by atoms with E-state index >= 15 is 0 Å². The number of benzene rings is 1. The minimum absolute atomic E-state index is 0.403. The van der Waals surface area contributed by atoms with Crippen molar-refractivity contribution in [2.24, 2.45) is 0 Å². The van der Waals surface area contributed by atoms with Gasteiger partial charge in [0.05, 0.1) is 10.6 Å². The summed E-state index contributed by atoms with van der Waals surface area (Å²) in [5, 5.41) is 10.4. The van der Waals surface area contributed by atoms with E-state index in [-0.39, 0.29) is 0 Å². The number of hydrogen-bond acceptors (Lipinski definition) is 2. The summed E-state index contributed by atoms with van der Waals surface area (Å²) in [6.07, 6.45) is 3.27. The molecule has 0 aliphatic rings. The summed E-state index contributed by atoms with van der Waals surface area (Å²) in [6, 6.07) is 11.1. The molecule has 0 radical (unpaired) electrons. The second-order valence-corrected chi connectivity index (χ2v) is 4.82. The molecule has 0 atom stereocenters. The molecular weight excluding hydrogens is 279 g/mol. The predicted octanol–water partition coefficient (Wildman–Crippen LogP) is 4.67. The molecule has 2 rings (SSSR count).